The highest BCUT2D eigenvalue weighted by Crippen LogP contribution is 2.29. The summed E-state index contributed by atoms with van der Waals surface area (Å²) in [6, 6.07) is 18.1. The predicted molar refractivity (Wildman–Crippen MR) is 127 cm³/mol. The van der Waals surface area contributed by atoms with Gasteiger partial charge in [-0.3, -0.25) is 4.79 Å². The quantitative estimate of drug-likeness (QED) is 0.524. The number of aryl methyl sites for hydroxylation is 1. The number of hydrogen-bond donors (Lipinski definition) is 2. The van der Waals surface area contributed by atoms with Gasteiger partial charge in [0.25, 0.3) is 5.91 Å². The summed E-state index contributed by atoms with van der Waals surface area (Å²) in [6.07, 6.45) is 0. The van der Waals surface area contributed by atoms with Gasteiger partial charge >= 0.3 is 0 Å². The molecule has 33 heavy (non-hydrogen) atoms. The fraction of sp³-hybridized carbons (Fsp3) is 0.192. The zero-order chi connectivity index (χ0) is 24.2. The number of likely N-dealkylation sites (N-methyl/N-ethyl adjacent to an activating group) is 1. The molecule has 0 fully saturated rings. The zero-order valence-corrected chi connectivity index (χ0v) is 18.6. The number of carbonyl (C=O) groups excluding carboxylic acids is 1. The minimum Gasteiger partial charge on any atom is -0.378 e. The molecule has 0 heterocycles. The van der Waals surface area contributed by atoms with Crippen LogP contribution in [-0.2, 0) is 4.79 Å². The van der Waals surface area contributed by atoms with Crippen LogP contribution in [0.4, 0.5) is 21.5 Å². The molecule has 0 bridgehead atoms. The maximum Gasteiger partial charge on any atom is 0.257 e. The van der Waals surface area contributed by atoms with Crippen LogP contribution in [0.3, 0.4) is 0 Å². The molecular weight excluding hydrogens is 419 g/mol. The van der Waals surface area contributed by atoms with Crippen molar-refractivity contribution in [1.82, 2.24) is 0 Å². The monoisotopic (exact) mass is 442 g/mol. The number of nitrogens with one attached hydrogen (secondary N) is 1. The second kappa shape index (κ2) is 9.52. The number of nitriles is 1. The molecule has 0 spiro atoms. The molecule has 6 nitrogen and oxygen atoms in total. The summed E-state index contributed by atoms with van der Waals surface area (Å²) in [7, 11) is 1.73. The van der Waals surface area contributed by atoms with Crippen molar-refractivity contribution in [1.29, 1.82) is 5.26 Å². The Hall–Kier alpha value is -4.20. The Morgan fingerprint density at radius 1 is 1.21 bits per heavy atom. The maximum absolute atomic E-state index is 13.3. The molecule has 0 aromatic heterocycles. The van der Waals surface area contributed by atoms with E-state index in [1.165, 1.54) is 19.1 Å². The molecule has 3 aromatic carbocycles. The lowest BCUT2D eigenvalue weighted by atomic mass is 9.98. The summed E-state index contributed by atoms with van der Waals surface area (Å²) in [5.41, 5.74) is 2.41. The third-order valence-electron chi connectivity index (χ3n) is 5.33. The molecule has 3 rings (SSSR count). The summed E-state index contributed by atoms with van der Waals surface area (Å²) in [4.78, 5) is 17.9. The average molecular weight is 442 g/mol. The zero-order valence-electron chi connectivity index (χ0n) is 18.6. The number of hydrogen-bond acceptors (Lipinski definition) is 4. The molecule has 1 atom stereocenters. The van der Waals surface area contributed by atoms with Gasteiger partial charge in [-0.25, -0.2) is 9.24 Å². The van der Waals surface area contributed by atoms with Crippen LogP contribution < -0.4 is 10.2 Å². The van der Waals surface area contributed by atoms with Crippen LogP contribution in [0.5, 0.6) is 0 Å². The first-order chi connectivity index (χ1) is 15.6. The van der Waals surface area contributed by atoms with Crippen LogP contribution in [0.15, 0.2) is 60.7 Å². The van der Waals surface area contributed by atoms with Crippen LogP contribution >= 0.6 is 0 Å². The van der Waals surface area contributed by atoms with E-state index >= 15 is 0 Å². The van der Waals surface area contributed by atoms with Crippen molar-refractivity contribution in [2.75, 3.05) is 23.8 Å². The number of halogens is 1. The van der Waals surface area contributed by atoms with Gasteiger partial charge in [0.05, 0.1) is 24.7 Å². The normalized spacial score (nSPS) is 12.2. The lowest BCUT2D eigenvalue weighted by Crippen LogP contribution is -2.48. The van der Waals surface area contributed by atoms with Crippen molar-refractivity contribution in [3.63, 3.8) is 0 Å². The first-order valence-corrected chi connectivity index (χ1v) is 10.2. The molecule has 0 saturated carbocycles. The summed E-state index contributed by atoms with van der Waals surface area (Å²) in [5, 5.41) is 23.0. The minimum atomic E-state index is -1.73. The fourth-order valence-corrected chi connectivity index (χ4v) is 3.48. The second-order valence-electron chi connectivity index (χ2n) is 8.05. The van der Waals surface area contributed by atoms with Crippen molar-refractivity contribution in [2.24, 2.45) is 0 Å². The molecule has 0 aliphatic heterocycles. The van der Waals surface area contributed by atoms with Crippen molar-refractivity contribution >= 4 is 23.0 Å². The van der Waals surface area contributed by atoms with E-state index in [9.17, 15) is 19.6 Å². The van der Waals surface area contributed by atoms with Crippen LogP contribution in [0, 0.1) is 30.6 Å². The Balaban J connectivity index is 1.80. The number of aliphatic hydroxyl groups is 1. The molecule has 166 valence electrons. The largest absolute Gasteiger partial charge is 0.378 e. The molecule has 0 saturated heterocycles. The van der Waals surface area contributed by atoms with Crippen molar-refractivity contribution in [2.45, 2.75) is 19.4 Å². The van der Waals surface area contributed by atoms with Crippen molar-refractivity contribution in [3.05, 3.63) is 89.0 Å². The Morgan fingerprint density at radius 2 is 1.91 bits per heavy atom. The first-order valence-electron chi connectivity index (χ1n) is 10.2. The maximum atomic E-state index is 13.3. The number of nitrogens with zero attached hydrogens (tertiary/aromatic N) is 3. The van der Waals surface area contributed by atoms with Crippen LogP contribution in [0.1, 0.15) is 18.1 Å². The number of anilines is 2. The molecule has 3 aromatic rings. The highest BCUT2D eigenvalue weighted by molar-refractivity contribution is 5.97. The van der Waals surface area contributed by atoms with Gasteiger partial charge in [0, 0.05) is 24.0 Å². The Kier molecular flexibility index (Phi) is 6.77. The molecule has 0 aliphatic carbocycles. The van der Waals surface area contributed by atoms with Crippen LogP contribution in [0.25, 0.3) is 16.0 Å². The van der Waals surface area contributed by atoms with Gasteiger partial charge in [-0.1, -0.05) is 18.2 Å². The fourth-order valence-electron chi connectivity index (χ4n) is 3.48. The lowest BCUT2D eigenvalue weighted by Gasteiger charge is -2.30. The van der Waals surface area contributed by atoms with E-state index in [2.05, 4.69) is 16.2 Å². The van der Waals surface area contributed by atoms with Gasteiger partial charge in [-0.15, -0.1) is 0 Å². The molecule has 0 aliphatic rings. The van der Waals surface area contributed by atoms with Crippen molar-refractivity contribution < 1.29 is 14.3 Å². The van der Waals surface area contributed by atoms with E-state index in [1.807, 2.05) is 0 Å². The summed E-state index contributed by atoms with van der Waals surface area (Å²) in [6.45, 7) is 10.3. The summed E-state index contributed by atoms with van der Waals surface area (Å²) in [5.74, 6) is -0.955. The molecule has 1 amide bonds. The highest BCUT2D eigenvalue weighted by atomic mass is 19.1. The van der Waals surface area contributed by atoms with Gasteiger partial charge in [0.15, 0.2) is 11.3 Å². The number of amides is 1. The third kappa shape index (κ3) is 5.35. The van der Waals surface area contributed by atoms with E-state index in [-0.39, 0.29) is 12.4 Å². The number of benzene rings is 3. The second-order valence-corrected chi connectivity index (χ2v) is 8.05. The van der Waals surface area contributed by atoms with Gasteiger partial charge in [0.2, 0.25) is 0 Å². The summed E-state index contributed by atoms with van der Waals surface area (Å²) >= 11 is 0. The van der Waals surface area contributed by atoms with Crippen LogP contribution in [0.2, 0.25) is 0 Å². The molecule has 0 unspecified atom stereocenters. The smallest absolute Gasteiger partial charge is 0.257 e. The lowest BCUT2D eigenvalue weighted by molar-refractivity contribution is -0.131. The number of rotatable bonds is 6. The van der Waals surface area contributed by atoms with Gasteiger partial charge < -0.3 is 15.3 Å². The topological polar surface area (TPSA) is 80.7 Å². The highest BCUT2D eigenvalue weighted by Gasteiger charge is 2.32. The van der Waals surface area contributed by atoms with Crippen molar-refractivity contribution in [3.8, 4) is 17.2 Å². The van der Waals surface area contributed by atoms with E-state index in [4.69, 9.17) is 6.57 Å². The Bertz CT molecular complexity index is 1270. The molecule has 7 heteroatoms. The average Bonchev–Trinajstić information content (AvgIpc) is 2.79. The predicted octanol–water partition coefficient (Wildman–Crippen LogP) is 5.05. The van der Waals surface area contributed by atoms with Gasteiger partial charge in [0.1, 0.15) is 5.82 Å². The molecule has 2 N–H and O–H groups in total. The van der Waals surface area contributed by atoms with E-state index in [0.29, 0.717) is 33.8 Å². The Morgan fingerprint density at radius 3 is 2.52 bits per heavy atom. The molecule has 0 radical (unpaired) electrons. The van der Waals surface area contributed by atoms with E-state index in [0.717, 1.165) is 5.56 Å². The Labute approximate surface area is 192 Å². The van der Waals surface area contributed by atoms with Gasteiger partial charge in [-0.05, 0) is 67.4 Å². The minimum absolute atomic E-state index is 0.0211. The van der Waals surface area contributed by atoms with E-state index in [1.54, 1.807) is 67.4 Å². The number of carbonyl (C=O) groups is 1. The van der Waals surface area contributed by atoms with Gasteiger partial charge in [-0.2, -0.15) is 5.26 Å². The van der Waals surface area contributed by atoms with Crippen LogP contribution in [-0.4, -0.2) is 30.2 Å². The SMILES string of the molecule is [C-]#[N+]c1ccc(NC(=O)[C@@](C)(O)CN(C)c2ccc(C#N)c(-c3ccc(F)cc3)c2)cc1C. The molecular formula is C26H23FN4O2. The summed E-state index contributed by atoms with van der Waals surface area (Å²) < 4.78 is 13.3. The van der Waals surface area contributed by atoms with E-state index < -0.39 is 11.5 Å². The standard InChI is InChI=1S/C26H23FN4O2/c1-17-13-21(10-12-24(17)29-3)30-25(32)26(2,33)16-31(4)22-11-7-19(15-28)23(14-22)18-5-8-20(27)9-6-18/h5-14,33H,16H2,1-2,4H3,(H,30,32)/t26-/m0/s1. The first kappa shape index (κ1) is 23.5. The third-order valence-corrected chi connectivity index (χ3v) is 5.33.